The zero-order valence-electron chi connectivity index (χ0n) is 15.8. The van der Waals surface area contributed by atoms with Crippen molar-refractivity contribution in [3.63, 3.8) is 0 Å². The monoisotopic (exact) mass is 375 g/mol. The summed E-state index contributed by atoms with van der Waals surface area (Å²) < 4.78 is 10.3. The van der Waals surface area contributed by atoms with E-state index in [0.717, 1.165) is 33.7 Å². The molecule has 142 valence electrons. The SMILES string of the molecule is COC(=O)N1Cc2ccnnc2CC1c1ccccc1-c1ccc(OC)cc1. The Balaban J connectivity index is 1.79. The molecule has 0 saturated heterocycles. The van der Waals surface area contributed by atoms with Crippen LogP contribution in [0, 0.1) is 0 Å². The van der Waals surface area contributed by atoms with Gasteiger partial charge in [-0.1, -0.05) is 36.4 Å². The fourth-order valence-electron chi connectivity index (χ4n) is 3.70. The van der Waals surface area contributed by atoms with Gasteiger partial charge >= 0.3 is 6.09 Å². The highest BCUT2D eigenvalue weighted by Gasteiger charge is 2.33. The van der Waals surface area contributed by atoms with Crippen molar-refractivity contribution in [2.24, 2.45) is 0 Å². The maximum Gasteiger partial charge on any atom is 0.410 e. The zero-order chi connectivity index (χ0) is 19.5. The molecule has 1 amide bonds. The minimum absolute atomic E-state index is 0.185. The van der Waals surface area contributed by atoms with E-state index in [1.54, 1.807) is 18.2 Å². The quantitative estimate of drug-likeness (QED) is 0.692. The predicted octanol–water partition coefficient (Wildman–Crippen LogP) is 4.02. The molecule has 1 aliphatic rings. The second-order valence-corrected chi connectivity index (χ2v) is 6.64. The lowest BCUT2D eigenvalue weighted by molar-refractivity contribution is 0.0954. The van der Waals surface area contributed by atoms with Crippen LogP contribution in [0.25, 0.3) is 11.1 Å². The van der Waals surface area contributed by atoms with Crippen molar-refractivity contribution in [2.45, 2.75) is 19.0 Å². The molecule has 0 saturated carbocycles. The van der Waals surface area contributed by atoms with Gasteiger partial charge in [-0.2, -0.15) is 10.2 Å². The van der Waals surface area contributed by atoms with Gasteiger partial charge < -0.3 is 9.47 Å². The Morgan fingerprint density at radius 3 is 2.61 bits per heavy atom. The molecule has 6 heteroatoms. The van der Waals surface area contributed by atoms with Crippen LogP contribution in [0.2, 0.25) is 0 Å². The molecule has 0 aliphatic carbocycles. The predicted molar refractivity (Wildman–Crippen MR) is 105 cm³/mol. The minimum atomic E-state index is -0.350. The lowest BCUT2D eigenvalue weighted by atomic mass is 9.88. The third-order valence-electron chi connectivity index (χ3n) is 5.13. The van der Waals surface area contributed by atoms with E-state index in [4.69, 9.17) is 9.47 Å². The van der Waals surface area contributed by atoms with E-state index in [1.807, 2.05) is 42.5 Å². The molecule has 4 rings (SSSR count). The van der Waals surface area contributed by atoms with E-state index in [0.29, 0.717) is 13.0 Å². The summed E-state index contributed by atoms with van der Waals surface area (Å²) in [6.07, 6.45) is 1.89. The Hall–Kier alpha value is -3.41. The molecule has 6 nitrogen and oxygen atoms in total. The highest BCUT2D eigenvalue weighted by molar-refractivity contribution is 5.72. The number of fused-ring (bicyclic) bond motifs is 1. The third kappa shape index (κ3) is 3.29. The van der Waals surface area contributed by atoms with Crippen LogP contribution in [0.15, 0.2) is 60.8 Å². The van der Waals surface area contributed by atoms with Crippen molar-refractivity contribution in [1.29, 1.82) is 0 Å². The largest absolute Gasteiger partial charge is 0.497 e. The van der Waals surface area contributed by atoms with Gasteiger partial charge in [0, 0.05) is 12.6 Å². The Kier molecular flexibility index (Phi) is 4.93. The van der Waals surface area contributed by atoms with E-state index in [1.165, 1.54) is 7.11 Å². The van der Waals surface area contributed by atoms with Gasteiger partial charge in [-0.15, -0.1) is 0 Å². The molecular formula is C22H21N3O3. The highest BCUT2D eigenvalue weighted by Crippen LogP contribution is 2.38. The summed E-state index contributed by atoms with van der Waals surface area (Å²) in [7, 11) is 3.06. The zero-order valence-corrected chi connectivity index (χ0v) is 15.8. The van der Waals surface area contributed by atoms with Gasteiger partial charge in [0.2, 0.25) is 0 Å². The number of nitrogens with zero attached hydrogens (tertiary/aromatic N) is 3. The van der Waals surface area contributed by atoms with Gasteiger partial charge in [0.15, 0.2) is 0 Å². The maximum atomic E-state index is 12.5. The molecule has 0 spiro atoms. The first-order chi connectivity index (χ1) is 13.7. The molecular weight excluding hydrogens is 354 g/mol. The van der Waals surface area contributed by atoms with Crippen LogP contribution >= 0.6 is 0 Å². The number of carbonyl (C=O) groups excluding carboxylic acids is 1. The van der Waals surface area contributed by atoms with Gasteiger partial charge in [-0.25, -0.2) is 4.79 Å². The van der Waals surface area contributed by atoms with Crippen molar-refractivity contribution in [1.82, 2.24) is 15.1 Å². The van der Waals surface area contributed by atoms with Gasteiger partial charge in [0.1, 0.15) is 5.75 Å². The molecule has 1 aromatic heterocycles. The number of hydrogen-bond acceptors (Lipinski definition) is 5. The van der Waals surface area contributed by atoms with Crippen LogP contribution in [0.1, 0.15) is 22.9 Å². The molecule has 0 N–H and O–H groups in total. The summed E-state index contributed by atoms with van der Waals surface area (Å²) in [5.41, 5.74) is 5.09. The number of aromatic nitrogens is 2. The fraction of sp³-hybridized carbons (Fsp3) is 0.227. The first-order valence-corrected chi connectivity index (χ1v) is 9.08. The summed E-state index contributed by atoms with van der Waals surface area (Å²) >= 11 is 0. The van der Waals surface area contributed by atoms with Crippen LogP contribution in [0.3, 0.4) is 0 Å². The minimum Gasteiger partial charge on any atom is -0.497 e. The van der Waals surface area contributed by atoms with Crippen molar-refractivity contribution >= 4 is 6.09 Å². The summed E-state index contributed by atoms with van der Waals surface area (Å²) in [6.45, 7) is 0.444. The average Bonchev–Trinajstić information content (AvgIpc) is 2.77. The van der Waals surface area contributed by atoms with Crippen LogP contribution in [0.4, 0.5) is 4.79 Å². The van der Waals surface area contributed by atoms with Crippen LogP contribution in [-0.4, -0.2) is 35.4 Å². The number of carbonyl (C=O) groups is 1. The smallest absolute Gasteiger partial charge is 0.410 e. The molecule has 3 aromatic rings. The summed E-state index contributed by atoms with van der Waals surface area (Å²) in [6, 6.07) is 17.8. The lowest BCUT2D eigenvalue weighted by Gasteiger charge is -2.36. The molecule has 2 heterocycles. The van der Waals surface area contributed by atoms with Crippen LogP contribution in [-0.2, 0) is 17.7 Å². The average molecular weight is 375 g/mol. The van der Waals surface area contributed by atoms with E-state index in [2.05, 4.69) is 22.3 Å². The molecule has 28 heavy (non-hydrogen) atoms. The van der Waals surface area contributed by atoms with Crippen molar-refractivity contribution in [3.8, 4) is 16.9 Å². The lowest BCUT2D eigenvalue weighted by Crippen LogP contribution is -2.39. The number of hydrogen-bond donors (Lipinski definition) is 0. The Morgan fingerprint density at radius 2 is 1.86 bits per heavy atom. The first-order valence-electron chi connectivity index (χ1n) is 9.08. The molecule has 1 aliphatic heterocycles. The molecule has 2 aromatic carbocycles. The second-order valence-electron chi connectivity index (χ2n) is 6.64. The van der Waals surface area contributed by atoms with E-state index >= 15 is 0 Å². The number of benzene rings is 2. The van der Waals surface area contributed by atoms with Crippen molar-refractivity contribution in [2.75, 3.05) is 14.2 Å². The van der Waals surface area contributed by atoms with Gasteiger partial charge in [0.25, 0.3) is 0 Å². The van der Waals surface area contributed by atoms with Crippen molar-refractivity contribution in [3.05, 3.63) is 77.6 Å². The number of amides is 1. The Bertz CT molecular complexity index is 988. The third-order valence-corrected chi connectivity index (χ3v) is 5.13. The Morgan fingerprint density at radius 1 is 1.07 bits per heavy atom. The molecule has 1 unspecified atom stereocenters. The van der Waals surface area contributed by atoms with Gasteiger partial charge in [0.05, 0.1) is 32.5 Å². The van der Waals surface area contributed by atoms with E-state index in [9.17, 15) is 4.79 Å². The standard InChI is InChI=1S/C22H21N3O3/c1-27-17-9-7-15(8-10-17)18-5-3-4-6-19(18)21-13-20-16(11-12-23-24-20)14-25(21)22(26)28-2/h3-12,21H,13-14H2,1-2H3. The maximum absolute atomic E-state index is 12.5. The second kappa shape index (κ2) is 7.68. The van der Waals surface area contributed by atoms with Gasteiger partial charge in [-0.3, -0.25) is 4.90 Å². The molecule has 0 radical (unpaired) electrons. The van der Waals surface area contributed by atoms with Crippen LogP contribution < -0.4 is 4.74 Å². The first kappa shape index (κ1) is 18.0. The van der Waals surface area contributed by atoms with Crippen molar-refractivity contribution < 1.29 is 14.3 Å². The summed E-state index contributed by atoms with van der Waals surface area (Å²) in [5.74, 6) is 0.805. The molecule has 0 bridgehead atoms. The summed E-state index contributed by atoms with van der Waals surface area (Å²) in [4.78, 5) is 14.3. The van der Waals surface area contributed by atoms with E-state index in [-0.39, 0.29) is 12.1 Å². The normalized spacial score (nSPS) is 15.6. The number of rotatable bonds is 3. The van der Waals surface area contributed by atoms with Crippen LogP contribution in [0.5, 0.6) is 5.75 Å². The molecule has 0 fully saturated rings. The number of methoxy groups -OCH3 is 2. The summed E-state index contributed by atoms with van der Waals surface area (Å²) in [5, 5.41) is 8.31. The highest BCUT2D eigenvalue weighted by atomic mass is 16.5. The van der Waals surface area contributed by atoms with E-state index < -0.39 is 0 Å². The van der Waals surface area contributed by atoms with Gasteiger partial charge in [-0.05, 0) is 40.5 Å². The Labute approximate surface area is 163 Å². The topological polar surface area (TPSA) is 64.5 Å². The fourth-order valence-corrected chi connectivity index (χ4v) is 3.70. The number of ether oxygens (including phenoxy) is 2. The molecule has 1 atom stereocenters.